The number of rotatable bonds is 33. The van der Waals surface area contributed by atoms with Gasteiger partial charge in [-0.25, -0.2) is 0 Å². The average Bonchev–Trinajstić information content (AvgIpc) is 3.00. The number of amides is 1. The summed E-state index contributed by atoms with van der Waals surface area (Å²) in [7, 11) is -4.44. The molecule has 0 aromatic carbocycles. The smallest absolute Gasteiger partial charge is 0.267 e. The molecule has 0 saturated heterocycles. The highest BCUT2D eigenvalue weighted by Gasteiger charge is 2.27. The maximum atomic E-state index is 12.5. The van der Waals surface area contributed by atoms with Crippen molar-refractivity contribution in [2.75, 3.05) is 5.75 Å². The number of carbonyl (C=O) groups is 1. The lowest BCUT2D eigenvalue weighted by Crippen LogP contribution is -2.50. The molecule has 3 atom stereocenters. The Labute approximate surface area is 277 Å². The van der Waals surface area contributed by atoms with Crippen molar-refractivity contribution in [2.45, 2.75) is 199 Å². The van der Waals surface area contributed by atoms with Crippen LogP contribution in [0.15, 0.2) is 24.3 Å². The molecular weight excluding hydrogens is 586 g/mol. The average molecular weight is 658 g/mol. The fourth-order valence-electron chi connectivity index (χ4n) is 5.58. The molecule has 0 aromatic heterocycles. The van der Waals surface area contributed by atoms with Crippen molar-refractivity contribution in [3.63, 3.8) is 0 Å². The van der Waals surface area contributed by atoms with Crippen molar-refractivity contribution < 1.29 is 28.0 Å². The van der Waals surface area contributed by atoms with E-state index >= 15 is 0 Å². The second-order valence-corrected chi connectivity index (χ2v) is 14.5. The van der Waals surface area contributed by atoms with Crippen LogP contribution in [0.2, 0.25) is 0 Å². The lowest BCUT2D eigenvalue weighted by Gasteiger charge is -2.22. The van der Waals surface area contributed by atoms with E-state index in [0.717, 1.165) is 44.9 Å². The van der Waals surface area contributed by atoms with Gasteiger partial charge in [0.05, 0.1) is 17.9 Å². The molecule has 1 amide bonds. The summed E-state index contributed by atoms with van der Waals surface area (Å²) in [6.45, 7) is 4.41. The van der Waals surface area contributed by atoms with Gasteiger partial charge in [-0.2, -0.15) is 8.42 Å². The van der Waals surface area contributed by atoms with Gasteiger partial charge in [0, 0.05) is 0 Å². The van der Waals surface area contributed by atoms with Gasteiger partial charge in [0.25, 0.3) is 10.1 Å². The number of hydrogen-bond acceptors (Lipinski definition) is 5. The number of nitrogens with one attached hydrogen (secondary N) is 1. The zero-order valence-electron chi connectivity index (χ0n) is 29.1. The van der Waals surface area contributed by atoms with Gasteiger partial charge in [0.15, 0.2) is 0 Å². The van der Waals surface area contributed by atoms with Crippen LogP contribution in [0, 0.1) is 0 Å². The van der Waals surface area contributed by atoms with E-state index < -0.39 is 40.0 Å². The highest BCUT2D eigenvalue weighted by atomic mass is 32.2. The first-order valence-electron chi connectivity index (χ1n) is 18.6. The summed E-state index contributed by atoms with van der Waals surface area (Å²) in [6, 6.07) is -1.24. The molecule has 0 aliphatic heterocycles. The third kappa shape index (κ3) is 31.2. The minimum atomic E-state index is -4.44. The summed E-state index contributed by atoms with van der Waals surface area (Å²) >= 11 is 0. The van der Waals surface area contributed by atoms with Crippen LogP contribution in [0.3, 0.4) is 0 Å². The van der Waals surface area contributed by atoms with Crippen LogP contribution in [0.25, 0.3) is 0 Å². The summed E-state index contributed by atoms with van der Waals surface area (Å²) in [5.41, 5.74) is 0. The van der Waals surface area contributed by atoms with Crippen molar-refractivity contribution in [2.24, 2.45) is 0 Å². The Morgan fingerprint density at radius 1 is 0.600 bits per heavy atom. The number of aliphatic hydroxyl groups is 2. The Morgan fingerprint density at radius 2 is 1.00 bits per heavy atom. The van der Waals surface area contributed by atoms with Gasteiger partial charge in [-0.3, -0.25) is 9.35 Å². The van der Waals surface area contributed by atoms with Crippen LogP contribution in [0.4, 0.5) is 0 Å². The van der Waals surface area contributed by atoms with Gasteiger partial charge >= 0.3 is 0 Å². The number of allylic oxidation sites excluding steroid dienone is 3. The van der Waals surface area contributed by atoms with E-state index in [4.69, 9.17) is 0 Å². The van der Waals surface area contributed by atoms with Gasteiger partial charge in [-0.15, -0.1) is 0 Å². The van der Waals surface area contributed by atoms with Crippen LogP contribution in [0.5, 0.6) is 0 Å². The van der Waals surface area contributed by atoms with E-state index in [0.29, 0.717) is 12.8 Å². The predicted molar refractivity (Wildman–Crippen MR) is 190 cm³/mol. The number of aliphatic hydroxyl groups excluding tert-OH is 2. The maximum absolute atomic E-state index is 12.5. The molecule has 0 bridgehead atoms. The third-order valence-electron chi connectivity index (χ3n) is 8.49. The molecule has 266 valence electrons. The van der Waals surface area contributed by atoms with Crippen molar-refractivity contribution >= 4 is 16.0 Å². The van der Waals surface area contributed by atoms with Gasteiger partial charge in [0.2, 0.25) is 5.91 Å². The topological polar surface area (TPSA) is 124 Å². The quantitative estimate of drug-likeness (QED) is 0.0317. The fourth-order valence-corrected chi connectivity index (χ4v) is 6.31. The Kier molecular flexibility index (Phi) is 30.5. The van der Waals surface area contributed by atoms with Crippen LogP contribution in [-0.2, 0) is 14.9 Å². The lowest BCUT2D eigenvalue weighted by atomic mass is 10.0. The monoisotopic (exact) mass is 658 g/mol. The first-order chi connectivity index (χ1) is 21.7. The third-order valence-corrected chi connectivity index (χ3v) is 9.27. The van der Waals surface area contributed by atoms with Crippen molar-refractivity contribution in [3.8, 4) is 0 Å². The summed E-state index contributed by atoms with van der Waals surface area (Å²) in [5, 5.41) is 23.2. The molecule has 0 rings (SSSR count). The Balaban J connectivity index is 3.93. The van der Waals surface area contributed by atoms with E-state index in [1.807, 2.05) is 0 Å². The molecule has 0 heterocycles. The molecule has 3 unspecified atom stereocenters. The molecule has 0 aliphatic rings. The predicted octanol–water partition coefficient (Wildman–Crippen LogP) is 9.38. The van der Waals surface area contributed by atoms with Crippen molar-refractivity contribution in [3.05, 3.63) is 24.3 Å². The highest BCUT2D eigenvalue weighted by Crippen LogP contribution is 2.15. The Morgan fingerprint density at radius 3 is 1.44 bits per heavy atom. The van der Waals surface area contributed by atoms with Gasteiger partial charge in [-0.1, -0.05) is 179 Å². The summed E-state index contributed by atoms with van der Waals surface area (Å²) in [6.07, 6.45) is 35.5. The van der Waals surface area contributed by atoms with Crippen LogP contribution >= 0.6 is 0 Å². The SMILES string of the molecule is CCCC/C=C/CC/C=C/C(O)C(CS(=O)(=O)O)NC(=O)C(O)CCCCCCCCCCCCCCCCCCCCCC. The molecule has 45 heavy (non-hydrogen) atoms. The minimum Gasteiger partial charge on any atom is -0.387 e. The van der Waals surface area contributed by atoms with Crippen LogP contribution < -0.4 is 5.32 Å². The van der Waals surface area contributed by atoms with E-state index in [1.165, 1.54) is 109 Å². The molecule has 0 saturated carbocycles. The van der Waals surface area contributed by atoms with E-state index in [2.05, 4.69) is 31.3 Å². The lowest BCUT2D eigenvalue weighted by molar-refractivity contribution is -0.130. The number of hydrogen-bond donors (Lipinski definition) is 4. The summed E-state index contributed by atoms with van der Waals surface area (Å²) < 4.78 is 32.2. The van der Waals surface area contributed by atoms with Gasteiger partial charge < -0.3 is 15.5 Å². The second kappa shape index (κ2) is 31.4. The maximum Gasteiger partial charge on any atom is 0.267 e. The standard InChI is InChI=1S/C37H71NO6S/c1-3-5-7-9-11-13-14-15-16-17-18-19-20-21-22-23-24-26-28-30-32-36(40)37(41)38-34(33-45(42,43)44)35(39)31-29-27-25-12-10-8-6-4-2/h10,12,29,31,34-36,39-40H,3-9,11,13-28,30,32-33H2,1-2H3,(H,38,41)(H,42,43,44)/b12-10+,31-29+. The summed E-state index contributed by atoms with van der Waals surface area (Å²) in [5.74, 6) is -1.56. The number of carbonyl (C=O) groups excluding carboxylic acids is 1. The molecule has 0 fully saturated rings. The Hall–Kier alpha value is -1.22. The first kappa shape index (κ1) is 43.8. The fraction of sp³-hybridized carbons (Fsp3) is 0.865. The summed E-state index contributed by atoms with van der Waals surface area (Å²) in [4.78, 5) is 12.5. The zero-order chi connectivity index (χ0) is 33.4. The highest BCUT2D eigenvalue weighted by molar-refractivity contribution is 7.85. The molecule has 7 nitrogen and oxygen atoms in total. The largest absolute Gasteiger partial charge is 0.387 e. The molecule has 0 spiro atoms. The zero-order valence-corrected chi connectivity index (χ0v) is 29.9. The van der Waals surface area contributed by atoms with Gasteiger partial charge in [-0.05, 0) is 25.7 Å². The van der Waals surface area contributed by atoms with E-state index in [9.17, 15) is 28.0 Å². The molecule has 8 heteroatoms. The van der Waals surface area contributed by atoms with Crippen molar-refractivity contribution in [1.29, 1.82) is 0 Å². The first-order valence-corrected chi connectivity index (χ1v) is 20.3. The minimum absolute atomic E-state index is 0.277. The molecular formula is C37H71NO6S. The van der Waals surface area contributed by atoms with Crippen LogP contribution in [-0.4, -0.2) is 53.1 Å². The van der Waals surface area contributed by atoms with E-state index in [-0.39, 0.29) is 6.42 Å². The van der Waals surface area contributed by atoms with Crippen molar-refractivity contribution in [1.82, 2.24) is 5.32 Å². The molecule has 0 radical (unpaired) electrons. The molecule has 0 aliphatic carbocycles. The normalized spacial score (nSPS) is 14.3. The van der Waals surface area contributed by atoms with E-state index in [1.54, 1.807) is 6.08 Å². The Bertz CT molecular complexity index is 829. The molecule has 0 aromatic rings. The second-order valence-electron chi connectivity index (χ2n) is 13.0. The van der Waals surface area contributed by atoms with Gasteiger partial charge in [0.1, 0.15) is 6.10 Å². The molecule has 4 N–H and O–H groups in total. The number of unbranched alkanes of at least 4 members (excludes halogenated alkanes) is 22. The van der Waals surface area contributed by atoms with Crippen LogP contribution in [0.1, 0.15) is 181 Å².